The maximum absolute atomic E-state index is 15.5. The van der Waals surface area contributed by atoms with Gasteiger partial charge in [0, 0.05) is 0 Å². The van der Waals surface area contributed by atoms with Gasteiger partial charge in [-0.15, -0.1) is 0 Å². The van der Waals surface area contributed by atoms with E-state index in [1.807, 2.05) is 6.92 Å². The standard InChI is InChI=1S/C54H86O24/c1-49(2)13-15-54(16-14-52(5)23(24(54)17-49)7-8-30-50(3)11-10-31(59)51(4,22-58)29(50)9-12-53(30,52)6)48(70)78-46-41(69)42(76-44-39(67)36(64)32(60)25(18-55)72-44)35(63)28(75-46)21-71-47-43(38(66)34(62)27(20-57)74-47)77-45-40(68)37(65)33(61)26(19-56)73-45/h7,22,24-47,55-57,59-69H,8-21H2,1-6H3/t24-,25+,26+,27+,28+,29+,30+,31-,32+,33+,34+,35+,36-,37-,38-,39+,40+,41+,42-,43+,44-,45-,46-,47+,50-,51-,52+,53+,54-/m0/s1. The third kappa shape index (κ3) is 9.77. The van der Waals surface area contributed by atoms with Gasteiger partial charge in [-0.3, -0.25) is 4.79 Å². The molecule has 29 atom stereocenters. The minimum atomic E-state index is -2.06. The normalized spacial score (nSPS) is 54.1. The van der Waals surface area contributed by atoms with Gasteiger partial charge in [-0.25, -0.2) is 0 Å². The molecule has 4 heterocycles. The second-order valence-electron chi connectivity index (χ2n) is 26.0. The van der Waals surface area contributed by atoms with Gasteiger partial charge < -0.3 is 114 Å². The van der Waals surface area contributed by atoms with E-state index < -0.39 is 172 Å². The van der Waals surface area contributed by atoms with Crippen LogP contribution in [0.25, 0.3) is 0 Å². The minimum Gasteiger partial charge on any atom is -0.432 e. The van der Waals surface area contributed by atoms with Crippen molar-refractivity contribution in [2.24, 2.45) is 50.2 Å². The highest BCUT2D eigenvalue weighted by Crippen LogP contribution is 2.76. The average Bonchev–Trinajstić information content (AvgIpc) is 3.60. The SMILES string of the molecule is CC1(C)CC[C@]2(C(=O)O[C@@H]3O[C@H](CO[C@@H]4O[C@H](CO)[C@@H](O)[C@H](O)[C@H]4O[C@@H]4O[C@H](CO)[C@@H](O)[C@H](O)[C@H]4O)[C@@H](O)[C@H](O[C@@H]4O[C@H](CO)[C@@H](O)[C@H](O)[C@H]4O)[C@H]3O)CC[C@]3(C)C(=CC[C@@H]4[C@@]5(C)CC[C@H](O)[C@@](C)(C=O)[C@@H]5CC[C@]43C)[C@@H]2C1. The van der Waals surface area contributed by atoms with E-state index in [1.165, 1.54) is 0 Å². The van der Waals surface area contributed by atoms with E-state index >= 15 is 4.79 Å². The molecule has 0 aromatic carbocycles. The number of aldehydes is 1. The monoisotopic (exact) mass is 1120 g/mol. The number of rotatable bonds is 13. The summed E-state index contributed by atoms with van der Waals surface area (Å²) in [6.07, 6.45) is -28.0. The average molecular weight is 1120 g/mol. The number of esters is 1. The van der Waals surface area contributed by atoms with E-state index in [0.29, 0.717) is 44.9 Å². The summed E-state index contributed by atoms with van der Waals surface area (Å²) in [6.45, 7) is 9.84. The predicted molar refractivity (Wildman–Crippen MR) is 263 cm³/mol. The van der Waals surface area contributed by atoms with Gasteiger partial charge in [-0.2, -0.15) is 0 Å². The largest absolute Gasteiger partial charge is 0.432 e. The molecular formula is C54H86O24. The summed E-state index contributed by atoms with van der Waals surface area (Å²) in [7, 11) is 0. The molecule has 0 radical (unpaired) electrons. The van der Waals surface area contributed by atoms with Gasteiger partial charge in [-0.1, -0.05) is 53.2 Å². The fourth-order valence-corrected chi connectivity index (χ4v) is 16.2. The number of aliphatic hydroxyl groups excluding tert-OH is 14. The van der Waals surface area contributed by atoms with Crippen LogP contribution in [0.1, 0.15) is 106 Å². The highest BCUT2D eigenvalue weighted by molar-refractivity contribution is 5.79. The van der Waals surface area contributed by atoms with Crippen LogP contribution in [0.4, 0.5) is 0 Å². The van der Waals surface area contributed by atoms with Crippen molar-refractivity contribution in [3.63, 3.8) is 0 Å². The summed E-state index contributed by atoms with van der Waals surface area (Å²) in [5, 5.41) is 151. The second-order valence-corrected chi connectivity index (χ2v) is 26.0. The molecule has 0 spiro atoms. The molecule has 24 heteroatoms. The van der Waals surface area contributed by atoms with Crippen molar-refractivity contribution in [1.82, 2.24) is 0 Å². The molecule has 0 aromatic heterocycles. The Hall–Kier alpha value is -1.96. The van der Waals surface area contributed by atoms with Crippen molar-refractivity contribution < 1.29 is 119 Å². The molecule has 78 heavy (non-hydrogen) atoms. The molecule has 4 saturated carbocycles. The summed E-state index contributed by atoms with van der Waals surface area (Å²) in [5.74, 6) is -0.874. The van der Waals surface area contributed by atoms with Crippen LogP contribution >= 0.6 is 0 Å². The quantitative estimate of drug-likeness (QED) is 0.0501. The van der Waals surface area contributed by atoms with E-state index in [9.17, 15) is 76.3 Å². The van der Waals surface area contributed by atoms with Crippen LogP contribution in [-0.2, 0) is 47.5 Å². The van der Waals surface area contributed by atoms with Gasteiger partial charge in [0.2, 0.25) is 6.29 Å². The Morgan fingerprint density at radius 3 is 1.69 bits per heavy atom. The van der Waals surface area contributed by atoms with Crippen LogP contribution in [-0.4, -0.2) is 239 Å². The number of ether oxygens (including phenoxy) is 8. The van der Waals surface area contributed by atoms with E-state index in [-0.39, 0.29) is 39.4 Å². The Bertz CT molecular complexity index is 2170. The van der Waals surface area contributed by atoms with Gasteiger partial charge in [0.1, 0.15) is 104 Å². The second kappa shape index (κ2) is 22.2. The molecule has 0 bridgehead atoms. The van der Waals surface area contributed by atoms with Crippen LogP contribution in [0, 0.1) is 50.2 Å². The molecule has 4 aliphatic heterocycles. The smallest absolute Gasteiger partial charge is 0.315 e. The van der Waals surface area contributed by atoms with Crippen LogP contribution in [0.3, 0.4) is 0 Å². The Morgan fingerprint density at radius 1 is 0.577 bits per heavy atom. The highest BCUT2D eigenvalue weighted by atomic mass is 16.8. The van der Waals surface area contributed by atoms with Crippen molar-refractivity contribution in [1.29, 1.82) is 0 Å². The van der Waals surface area contributed by atoms with Gasteiger partial charge in [0.05, 0.1) is 43.4 Å². The predicted octanol–water partition coefficient (Wildman–Crippen LogP) is -2.86. The number of hydrogen-bond acceptors (Lipinski definition) is 24. The molecular weight excluding hydrogens is 1030 g/mol. The van der Waals surface area contributed by atoms with Crippen LogP contribution in [0.5, 0.6) is 0 Å². The maximum Gasteiger partial charge on any atom is 0.315 e. The van der Waals surface area contributed by atoms with Gasteiger partial charge in [0.25, 0.3) is 0 Å². The molecule has 9 aliphatic rings. The fourth-order valence-electron chi connectivity index (χ4n) is 16.2. The van der Waals surface area contributed by atoms with Crippen molar-refractivity contribution in [3.8, 4) is 0 Å². The number of carbonyl (C=O) groups is 2. The van der Waals surface area contributed by atoms with Crippen molar-refractivity contribution in [2.45, 2.75) is 235 Å². The van der Waals surface area contributed by atoms with Crippen molar-refractivity contribution >= 4 is 12.3 Å². The molecule has 14 N–H and O–H groups in total. The van der Waals surface area contributed by atoms with Gasteiger partial charge in [0.15, 0.2) is 18.9 Å². The number of fused-ring (bicyclic) bond motifs is 7. The Kier molecular flexibility index (Phi) is 17.3. The highest BCUT2D eigenvalue weighted by Gasteiger charge is 2.70. The zero-order valence-corrected chi connectivity index (χ0v) is 45.3. The van der Waals surface area contributed by atoms with E-state index in [4.69, 9.17) is 37.9 Å². The lowest BCUT2D eigenvalue weighted by atomic mass is 9.33. The minimum absolute atomic E-state index is 0.0178. The Balaban J connectivity index is 1.01. The number of hydrogen-bond donors (Lipinski definition) is 14. The molecule has 0 unspecified atom stereocenters. The number of allylic oxidation sites excluding steroid dienone is 2. The molecule has 5 aliphatic carbocycles. The third-order valence-corrected chi connectivity index (χ3v) is 21.4. The lowest BCUT2D eigenvalue weighted by Gasteiger charge is -2.71. The number of aliphatic hydroxyl groups is 14. The topological polar surface area (TPSA) is 391 Å². The fraction of sp³-hybridized carbons (Fsp3) is 0.926. The Morgan fingerprint density at radius 2 is 1.12 bits per heavy atom. The van der Waals surface area contributed by atoms with E-state index in [0.717, 1.165) is 31.1 Å². The Labute approximate surface area is 453 Å². The van der Waals surface area contributed by atoms with E-state index in [1.54, 1.807) is 0 Å². The van der Waals surface area contributed by atoms with Crippen molar-refractivity contribution in [2.75, 3.05) is 26.4 Å². The molecule has 24 nitrogen and oxygen atoms in total. The van der Waals surface area contributed by atoms with Crippen molar-refractivity contribution in [3.05, 3.63) is 11.6 Å². The maximum atomic E-state index is 15.5. The van der Waals surface area contributed by atoms with Crippen LogP contribution in [0.2, 0.25) is 0 Å². The molecule has 446 valence electrons. The number of carbonyl (C=O) groups excluding carboxylic acids is 2. The summed E-state index contributed by atoms with van der Waals surface area (Å²) in [6, 6.07) is 0. The molecule has 8 fully saturated rings. The molecule has 0 aromatic rings. The van der Waals surface area contributed by atoms with Crippen LogP contribution < -0.4 is 0 Å². The first-order chi connectivity index (χ1) is 36.6. The zero-order chi connectivity index (χ0) is 57.0. The third-order valence-electron chi connectivity index (χ3n) is 21.4. The van der Waals surface area contributed by atoms with Gasteiger partial charge in [-0.05, 0) is 104 Å². The summed E-state index contributed by atoms with van der Waals surface area (Å²) >= 11 is 0. The zero-order valence-electron chi connectivity index (χ0n) is 45.3. The lowest BCUT2D eigenvalue weighted by molar-refractivity contribution is -0.377. The molecule has 0 amide bonds. The molecule has 9 rings (SSSR count). The van der Waals surface area contributed by atoms with E-state index in [2.05, 4.69) is 40.7 Å². The summed E-state index contributed by atoms with van der Waals surface area (Å²) in [5.41, 5.74) is -1.95. The summed E-state index contributed by atoms with van der Waals surface area (Å²) in [4.78, 5) is 28.3. The van der Waals surface area contributed by atoms with Gasteiger partial charge >= 0.3 is 5.97 Å². The first-order valence-electron chi connectivity index (χ1n) is 27.9. The summed E-state index contributed by atoms with van der Waals surface area (Å²) < 4.78 is 47.2. The first-order valence-corrected chi connectivity index (χ1v) is 27.9. The van der Waals surface area contributed by atoms with Crippen LogP contribution in [0.15, 0.2) is 11.6 Å². The lowest BCUT2D eigenvalue weighted by Crippen LogP contribution is -2.67. The molecule has 4 saturated heterocycles. The first kappa shape index (κ1) is 60.6.